The van der Waals surface area contributed by atoms with Gasteiger partial charge in [-0.15, -0.1) is 13.2 Å². The zero-order valence-electron chi connectivity index (χ0n) is 22.2. The van der Waals surface area contributed by atoms with Gasteiger partial charge in [0.15, 0.2) is 5.13 Å². The van der Waals surface area contributed by atoms with Crippen LogP contribution >= 0.6 is 11.3 Å². The topological polar surface area (TPSA) is 108 Å². The lowest BCUT2D eigenvalue weighted by atomic mass is 10.0. The van der Waals surface area contributed by atoms with E-state index < -0.39 is 12.6 Å². The Labute approximate surface area is 232 Å². The number of rotatable bonds is 8. The number of aliphatic hydroxyl groups is 1. The van der Waals surface area contributed by atoms with Crippen LogP contribution in [0, 0.1) is 0 Å². The first kappa shape index (κ1) is 28.1. The number of fused-ring (bicyclic) bond motifs is 2. The van der Waals surface area contributed by atoms with E-state index >= 15 is 0 Å². The number of thiazole rings is 1. The van der Waals surface area contributed by atoms with Crippen LogP contribution < -0.4 is 15.4 Å². The van der Waals surface area contributed by atoms with Crippen molar-refractivity contribution in [3.63, 3.8) is 0 Å². The average Bonchev–Trinajstić information content (AvgIpc) is 3.45. The molecule has 40 heavy (non-hydrogen) atoms. The van der Waals surface area contributed by atoms with Gasteiger partial charge in [-0.3, -0.25) is 10.1 Å². The second-order valence-electron chi connectivity index (χ2n) is 9.92. The molecule has 1 aliphatic heterocycles. The molecule has 1 unspecified atom stereocenters. The van der Waals surface area contributed by atoms with E-state index in [0.29, 0.717) is 51.5 Å². The molecule has 0 aliphatic carbocycles. The summed E-state index contributed by atoms with van der Waals surface area (Å²) in [5.74, 6) is 0.111. The fourth-order valence-corrected chi connectivity index (χ4v) is 5.68. The maximum atomic E-state index is 12.6. The lowest BCUT2D eigenvalue weighted by Gasteiger charge is -2.35. The standard InChI is InChI=1S/C26H30F3N7O3S/c1-34(2)16-8-10-36(11-9-16)22(37)14-30-23(38)15-4-7-20-19(12-15)31-24(35(20)3)33-25-32-18-6-5-17(13-21(18)40-25)39-26(27,28)29/h4-7,12-13,16,23,30,38H,8-11,14H2,1-3H3,(H,31,32,33). The number of carbonyl (C=O) groups is 1. The molecule has 1 atom stereocenters. The molecule has 14 heteroatoms. The maximum absolute atomic E-state index is 12.6. The van der Waals surface area contributed by atoms with E-state index in [1.165, 1.54) is 29.5 Å². The van der Waals surface area contributed by atoms with Crippen LogP contribution in [0.4, 0.5) is 24.3 Å². The number of anilines is 2. The van der Waals surface area contributed by atoms with Crippen molar-refractivity contribution in [3.8, 4) is 5.75 Å². The van der Waals surface area contributed by atoms with Crippen molar-refractivity contribution in [2.75, 3.05) is 39.0 Å². The van der Waals surface area contributed by atoms with E-state index in [1.807, 2.05) is 36.7 Å². The summed E-state index contributed by atoms with van der Waals surface area (Å²) in [6.45, 7) is 1.42. The van der Waals surface area contributed by atoms with Gasteiger partial charge >= 0.3 is 6.36 Å². The molecule has 0 saturated carbocycles. The maximum Gasteiger partial charge on any atom is 0.573 e. The second kappa shape index (κ2) is 11.2. The summed E-state index contributed by atoms with van der Waals surface area (Å²) in [6, 6.07) is 9.77. The van der Waals surface area contributed by atoms with E-state index in [1.54, 1.807) is 12.1 Å². The van der Waals surface area contributed by atoms with Gasteiger partial charge in [-0.05, 0) is 56.8 Å². The number of halogens is 3. The van der Waals surface area contributed by atoms with Crippen molar-refractivity contribution < 1.29 is 27.8 Å². The zero-order valence-corrected chi connectivity index (χ0v) is 23.0. The van der Waals surface area contributed by atoms with Gasteiger partial charge in [0.2, 0.25) is 11.9 Å². The van der Waals surface area contributed by atoms with Crippen LogP contribution in [0.5, 0.6) is 5.75 Å². The number of hydrogen-bond donors (Lipinski definition) is 3. The lowest BCUT2D eigenvalue weighted by molar-refractivity contribution is -0.274. The Bertz CT molecular complexity index is 1510. The third kappa shape index (κ3) is 6.30. The van der Waals surface area contributed by atoms with Crippen molar-refractivity contribution in [2.24, 2.45) is 7.05 Å². The summed E-state index contributed by atoms with van der Waals surface area (Å²) in [6.07, 6.45) is -3.96. The molecule has 0 radical (unpaired) electrons. The van der Waals surface area contributed by atoms with Gasteiger partial charge in [0.05, 0.1) is 27.8 Å². The summed E-state index contributed by atoms with van der Waals surface area (Å²) in [5.41, 5.74) is 2.49. The molecule has 10 nitrogen and oxygen atoms in total. The Hall–Kier alpha value is -3.46. The normalized spacial score (nSPS) is 15.8. The zero-order chi connectivity index (χ0) is 28.6. The summed E-state index contributed by atoms with van der Waals surface area (Å²) >= 11 is 1.17. The van der Waals surface area contributed by atoms with Gasteiger partial charge < -0.3 is 29.5 Å². The van der Waals surface area contributed by atoms with Crippen LogP contribution in [0.25, 0.3) is 21.3 Å². The third-order valence-corrected chi connectivity index (χ3v) is 7.96. The first-order valence-electron chi connectivity index (χ1n) is 12.7. The Morgan fingerprint density at radius 1 is 1.18 bits per heavy atom. The van der Waals surface area contributed by atoms with Crippen molar-refractivity contribution in [3.05, 3.63) is 42.0 Å². The molecule has 0 bridgehead atoms. The van der Waals surface area contributed by atoms with Gasteiger partial charge in [-0.1, -0.05) is 17.4 Å². The first-order valence-corrected chi connectivity index (χ1v) is 13.5. The van der Waals surface area contributed by atoms with Crippen LogP contribution in [-0.2, 0) is 11.8 Å². The minimum atomic E-state index is -4.77. The number of nitrogens with one attached hydrogen (secondary N) is 2. The lowest BCUT2D eigenvalue weighted by Crippen LogP contribution is -2.47. The Morgan fingerprint density at radius 3 is 2.62 bits per heavy atom. The molecule has 2 aromatic carbocycles. The number of benzene rings is 2. The van der Waals surface area contributed by atoms with Crippen molar-refractivity contribution in [1.29, 1.82) is 0 Å². The van der Waals surface area contributed by atoms with Gasteiger partial charge in [0.1, 0.15) is 12.0 Å². The molecule has 5 rings (SSSR count). The highest BCUT2D eigenvalue weighted by Crippen LogP contribution is 2.33. The minimum absolute atomic E-state index is 0.0220. The minimum Gasteiger partial charge on any atom is -0.406 e. The fraction of sp³-hybridized carbons (Fsp3) is 0.423. The SMILES string of the molecule is CN(C)C1CCN(C(=O)CNC(O)c2ccc3c(c2)nc(Nc2nc4ccc(OC(F)(F)F)cc4s2)n3C)CC1. The van der Waals surface area contributed by atoms with Crippen molar-refractivity contribution >= 4 is 49.6 Å². The number of piperidine rings is 1. The van der Waals surface area contributed by atoms with E-state index in [4.69, 9.17) is 0 Å². The quantitative estimate of drug-likeness (QED) is 0.270. The van der Waals surface area contributed by atoms with Crippen LogP contribution in [-0.4, -0.2) is 81.5 Å². The number of carbonyl (C=O) groups excluding carboxylic acids is 1. The highest BCUT2D eigenvalue weighted by Gasteiger charge is 2.31. The molecule has 214 valence electrons. The number of aryl methyl sites for hydroxylation is 1. The number of nitrogens with zero attached hydrogens (tertiary/aromatic N) is 5. The molecule has 1 aliphatic rings. The smallest absolute Gasteiger partial charge is 0.406 e. The highest BCUT2D eigenvalue weighted by atomic mass is 32.1. The summed E-state index contributed by atoms with van der Waals surface area (Å²) in [7, 11) is 5.91. The van der Waals surface area contributed by atoms with Crippen LogP contribution in [0.15, 0.2) is 36.4 Å². The summed E-state index contributed by atoms with van der Waals surface area (Å²) in [5, 5.41) is 17.2. The van der Waals surface area contributed by atoms with Crippen LogP contribution in [0.1, 0.15) is 24.6 Å². The predicted octanol–water partition coefficient (Wildman–Crippen LogP) is 3.96. The number of aromatic nitrogens is 3. The summed E-state index contributed by atoms with van der Waals surface area (Å²) in [4.78, 5) is 25.7. The molecule has 3 heterocycles. The molecule has 1 amide bonds. The third-order valence-electron chi connectivity index (χ3n) is 7.03. The Balaban J connectivity index is 1.23. The molecular formula is C26H30F3N7O3S. The predicted molar refractivity (Wildman–Crippen MR) is 147 cm³/mol. The fourth-order valence-electron chi connectivity index (χ4n) is 4.80. The van der Waals surface area contributed by atoms with Crippen LogP contribution in [0.2, 0.25) is 0 Å². The van der Waals surface area contributed by atoms with E-state index in [0.717, 1.165) is 18.4 Å². The Kier molecular flexibility index (Phi) is 7.86. The number of ether oxygens (including phenoxy) is 1. The molecule has 3 N–H and O–H groups in total. The van der Waals surface area contributed by atoms with Crippen molar-refractivity contribution in [1.82, 2.24) is 29.7 Å². The number of hydrogen-bond acceptors (Lipinski definition) is 9. The molecular weight excluding hydrogens is 547 g/mol. The van der Waals surface area contributed by atoms with Gasteiger partial charge in [0.25, 0.3) is 0 Å². The van der Waals surface area contributed by atoms with Crippen molar-refractivity contribution in [2.45, 2.75) is 31.5 Å². The largest absolute Gasteiger partial charge is 0.573 e. The highest BCUT2D eigenvalue weighted by molar-refractivity contribution is 7.22. The Morgan fingerprint density at radius 2 is 1.93 bits per heavy atom. The molecule has 4 aromatic rings. The van der Waals surface area contributed by atoms with E-state index in [-0.39, 0.29) is 18.2 Å². The molecule has 0 spiro atoms. The van der Waals surface area contributed by atoms with Crippen LogP contribution in [0.3, 0.4) is 0 Å². The summed E-state index contributed by atoms with van der Waals surface area (Å²) < 4.78 is 44.0. The van der Waals surface area contributed by atoms with Gasteiger partial charge in [0, 0.05) is 32.2 Å². The monoisotopic (exact) mass is 577 g/mol. The average molecular weight is 578 g/mol. The number of aliphatic hydroxyl groups excluding tert-OH is 1. The molecule has 1 saturated heterocycles. The van der Waals surface area contributed by atoms with E-state index in [2.05, 4.69) is 30.2 Å². The van der Waals surface area contributed by atoms with Gasteiger partial charge in [-0.25, -0.2) is 9.97 Å². The second-order valence-corrected chi connectivity index (χ2v) is 11.0. The molecule has 1 fully saturated rings. The number of amides is 1. The molecule has 2 aromatic heterocycles. The number of likely N-dealkylation sites (tertiary alicyclic amines) is 1. The first-order chi connectivity index (χ1) is 19.0. The number of alkyl halides is 3. The van der Waals surface area contributed by atoms with E-state index in [9.17, 15) is 23.1 Å². The number of imidazole rings is 1. The van der Waals surface area contributed by atoms with Gasteiger partial charge in [-0.2, -0.15) is 0 Å².